The van der Waals surface area contributed by atoms with Crippen molar-refractivity contribution in [3.63, 3.8) is 0 Å². The molecule has 0 aromatic carbocycles. The van der Waals surface area contributed by atoms with Crippen LogP contribution in [0.4, 0.5) is 5.82 Å². The number of carbonyl (C=O) groups is 1. The molecule has 7 heteroatoms. The molecule has 0 bridgehead atoms. The number of ether oxygens (including phenoxy) is 2. The van der Waals surface area contributed by atoms with Crippen molar-refractivity contribution in [2.45, 2.75) is 37.7 Å². The van der Waals surface area contributed by atoms with E-state index in [2.05, 4.69) is 29.6 Å². The minimum atomic E-state index is -1.17. The minimum Gasteiger partial charge on any atom is -0.455 e. The van der Waals surface area contributed by atoms with Crippen molar-refractivity contribution >= 4 is 19.8 Å². The van der Waals surface area contributed by atoms with Crippen LogP contribution in [0.2, 0.25) is 25.7 Å². The van der Waals surface area contributed by atoms with Crippen LogP contribution in [-0.2, 0) is 21.6 Å². The number of hydrogen-bond donors (Lipinski definition) is 0. The van der Waals surface area contributed by atoms with E-state index >= 15 is 0 Å². The first-order valence-electron chi connectivity index (χ1n) is 8.89. The van der Waals surface area contributed by atoms with E-state index in [4.69, 9.17) is 9.47 Å². The highest BCUT2D eigenvalue weighted by molar-refractivity contribution is 6.76. The third-order valence-corrected chi connectivity index (χ3v) is 6.55. The van der Waals surface area contributed by atoms with E-state index in [1.807, 2.05) is 24.3 Å². The second-order valence-corrected chi connectivity index (χ2v) is 13.7. The van der Waals surface area contributed by atoms with Gasteiger partial charge in [0.05, 0.1) is 0 Å². The largest absolute Gasteiger partial charge is 0.455 e. The van der Waals surface area contributed by atoms with Crippen molar-refractivity contribution in [3.05, 3.63) is 47.8 Å². The third kappa shape index (κ3) is 2.81. The molecule has 0 N–H and O–H groups in total. The average Bonchev–Trinajstić information content (AvgIpc) is 3.10. The average molecular weight is 369 g/mol. The molecule has 0 aliphatic carbocycles. The predicted octanol–water partition coefficient (Wildman–Crippen LogP) is 2.97. The van der Waals surface area contributed by atoms with Crippen LogP contribution in [0.1, 0.15) is 11.1 Å². The molecule has 1 atom stereocenters. The molecule has 2 aromatic heterocycles. The van der Waals surface area contributed by atoms with Crippen molar-refractivity contribution in [2.24, 2.45) is 0 Å². The Bertz CT molecular complexity index is 825. The van der Waals surface area contributed by atoms with E-state index in [0.717, 1.165) is 17.2 Å². The van der Waals surface area contributed by atoms with Gasteiger partial charge >= 0.3 is 0 Å². The first kappa shape index (κ1) is 17.2. The number of carbonyl (C=O) groups excluding carboxylic acids is 1. The van der Waals surface area contributed by atoms with E-state index in [1.54, 1.807) is 17.3 Å². The summed E-state index contributed by atoms with van der Waals surface area (Å²) in [5, 5.41) is 0. The maximum absolute atomic E-state index is 13.3. The molecule has 2 aliphatic heterocycles. The molecular formula is C19H23N3O3Si. The van der Waals surface area contributed by atoms with Gasteiger partial charge in [-0.25, -0.2) is 9.97 Å². The van der Waals surface area contributed by atoms with Crippen molar-refractivity contribution in [2.75, 3.05) is 18.2 Å². The Morgan fingerprint density at radius 3 is 2.77 bits per heavy atom. The molecule has 1 amide bonds. The van der Waals surface area contributed by atoms with Gasteiger partial charge in [-0.3, -0.25) is 9.69 Å². The molecule has 0 saturated heterocycles. The predicted molar refractivity (Wildman–Crippen MR) is 101 cm³/mol. The lowest BCUT2D eigenvalue weighted by Gasteiger charge is -2.23. The van der Waals surface area contributed by atoms with E-state index in [1.165, 1.54) is 0 Å². The van der Waals surface area contributed by atoms with Crippen LogP contribution in [0.3, 0.4) is 0 Å². The van der Waals surface area contributed by atoms with Crippen LogP contribution in [-0.4, -0.2) is 37.3 Å². The number of amides is 1. The van der Waals surface area contributed by atoms with Crippen LogP contribution < -0.4 is 9.64 Å². The van der Waals surface area contributed by atoms with E-state index in [-0.39, 0.29) is 12.6 Å². The van der Waals surface area contributed by atoms with Gasteiger partial charge in [0.1, 0.15) is 12.5 Å². The van der Waals surface area contributed by atoms with Gasteiger partial charge in [-0.1, -0.05) is 25.7 Å². The van der Waals surface area contributed by atoms with Gasteiger partial charge in [-0.15, -0.1) is 0 Å². The van der Waals surface area contributed by atoms with E-state index in [9.17, 15) is 4.79 Å². The Hall–Kier alpha value is -2.25. The van der Waals surface area contributed by atoms with Crippen molar-refractivity contribution in [3.8, 4) is 5.88 Å². The quantitative estimate of drug-likeness (QED) is 0.599. The molecule has 1 unspecified atom stereocenters. The smallest absolute Gasteiger partial charge is 0.279 e. The number of rotatable bonds is 5. The lowest BCUT2D eigenvalue weighted by molar-refractivity contribution is -0.133. The zero-order valence-electron chi connectivity index (χ0n) is 15.4. The molecule has 6 nitrogen and oxygen atoms in total. The SMILES string of the molecule is C[Si](C)(C)CCOCN1C(=O)C2(Cc3cccnc3O2)c2cccnc21. The summed E-state index contributed by atoms with van der Waals surface area (Å²) >= 11 is 0. The zero-order chi connectivity index (χ0) is 18.4. The summed E-state index contributed by atoms with van der Waals surface area (Å²) in [4.78, 5) is 23.6. The Morgan fingerprint density at radius 2 is 2.00 bits per heavy atom. The fourth-order valence-electron chi connectivity index (χ4n) is 3.40. The lowest BCUT2D eigenvalue weighted by Crippen LogP contribution is -2.44. The molecule has 1 spiro atoms. The van der Waals surface area contributed by atoms with Crippen LogP contribution in [0.5, 0.6) is 5.88 Å². The Kier molecular flexibility index (Phi) is 4.08. The van der Waals surface area contributed by atoms with Gasteiger partial charge < -0.3 is 9.47 Å². The molecule has 4 rings (SSSR count). The number of pyridine rings is 2. The Morgan fingerprint density at radius 1 is 1.23 bits per heavy atom. The first-order chi connectivity index (χ1) is 12.4. The normalized spacial score (nSPS) is 21.0. The Balaban J connectivity index is 1.59. The fraction of sp³-hybridized carbons (Fsp3) is 0.421. The number of hydrogen-bond acceptors (Lipinski definition) is 5. The van der Waals surface area contributed by atoms with Gasteiger partial charge in [0, 0.05) is 44.6 Å². The number of nitrogens with zero attached hydrogens (tertiary/aromatic N) is 3. The van der Waals surface area contributed by atoms with Crippen LogP contribution in [0, 0.1) is 0 Å². The van der Waals surface area contributed by atoms with Gasteiger partial charge in [-0.05, 0) is 24.2 Å². The lowest BCUT2D eigenvalue weighted by atomic mass is 9.92. The minimum absolute atomic E-state index is 0.128. The molecule has 2 aliphatic rings. The van der Waals surface area contributed by atoms with Gasteiger partial charge in [-0.2, -0.15) is 0 Å². The zero-order valence-corrected chi connectivity index (χ0v) is 16.4. The maximum Gasteiger partial charge on any atom is 0.279 e. The molecule has 4 heterocycles. The summed E-state index contributed by atoms with van der Waals surface area (Å²) in [6, 6.07) is 8.62. The topological polar surface area (TPSA) is 64.5 Å². The summed E-state index contributed by atoms with van der Waals surface area (Å²) in [5.74, 6) is 1.02. The van der Waals surface area contributed by atoms with Crippen LogP contribution in [0.25, 0.3) is 0 Å². The maximum atomic E-state index is 13.3. The molecule has 2 aromatic rings. The van der Waals surface area contributed by atoms with Crippen molar-refractivity contribution in [1.29, 1.82) is 0 Å². The number of anilines is 1. The molecule has 136 valence electrons. The van der Waals surface area contributed by atoms with Crippen molar-refractivity contribution < 1.29 is 14.3 Å². The second kappa shape index (κ2) is 6.17. The summed E-state index contributed by atoms with van der Waals surface area (Å²) in [6.07, 6.45) is 3.85. The highest BCUT2D eigenvalue weighted by atomic mass is 28.3. The van der Waals surface area contributed by atoms with Crippen LogP contribution >= 0.6 is 0 Å². The molecule has 0 saturated carbocycles. The molecule has 26 heavy (non-hydrogen) atoms. The highest BCUT2D eigenvalue weighted by Gasteiger charge is 2.57. The van der Waals surface area contributed by atoms with Crippen molar-refractivity contribution in [1.82, 2.24) is 9.97 Å². The summed E-state index contributed by atoms with van der Waals surface area (Å²) in [5.41, 5.74) is 0.663. The third-order valence-electron chi connectivity index (χ3n) is 4.85. The number of aromatic nitrogens is 2. The molecule has 0 radical (unpaired) electrons. The molecule has 0 fully saturated rings. The highest BCUT2D eigenvalue weighted by Crippen LogP contribution is 2.48. The Labute approximate surface area is 154 Å². The number of fused-ring (bicyclic) bond motifs is 3. The molecular weight excluding hydrogens is 346 g/mol. The second-order valence-electron chi connectivity index (χ2n) is 8.03. The van der Waals surface area contributed by atoms with Gasteiger partial charge in [0.15, 0.2) is 0 Å². The monoisotopic (exact) mass is 369 g/mol. The van der Waals surface area contributed by atoms with Crippen LogP contribution in [0.15, 0.2) is 36.7 Å². The van der Waals surface area contributed by atoms with Gasteiger partial charge in [0.25, 0.3) is 5.91 Å². The van der Waals surface area contributed by atoms with E-state index in [0.29, 0.717) is 24.7 Å². The van der Waals surface area contributed by atoms with Gasteiger partial charge in [0.2, 0.25) is 11.5 Å². The summed E-state index contributed by atoms with van der Waals surface area (Å²) in [7, 11) is -1.17. The first-order valence-corrected chi connectivity index (χ1v) is 12.6. The summed E-state index contributed by atoms with van der Waals surface area (Å²) < 4.78 is 11.9. The standard InChI is InChI=1S/C19H23N3O3Si/c1-26(2,3)11-10-24-13-22-16-15(7-5-8-20-16)19(18(22)23)12-14-6-4-9-21-17(14)25-19/h4-9H,10-13H2,1-3H3. The fourth-order valence-corrected chi connectivity index (χ4v) is 4.16. The summed E-state index contributed by atoms with van der Waals surface area (Å²) in [6.45, 7) is 7.76. The van der Waals surface area contributed by atoms with E-state index < -0.39 is 13.7 Å².